The van der Waals surface area contributed by atoms with Crippen LogP contribution in [0.3, 0.4) is 0 Å². The summed E-state index contributed by atoms with van der Waals surface area (Å²) in [6, 6.07) is 2.66. The Balaban J connectivity index is 2.87. The van der Waals surface area contributed by atoms with E-state index in [2.05, 4.69) is 4.72 Å². The summed E-state index contributed by atoms with van der Waals surface area (Å²) in [5, 5.41) is 9.46. The maximum Gasteiger partial charge on any atom is 0.242 e. The Hall–Kier alpha value is -0.530. The Morgan fingerprint density at radius 1 is 1.42 bits per heavy atom. The highest BCUT2D eigenvalue weighted by Gasteiger charge is 2.20. The highest BCUT2D eigenvalue weighted by atomic mass is 35.5. The van der Waals surface area contributed by atoms with Crippen LogP contribution in [-0.4, -0.2) is 26.2 Å². The zero-order valence-electron chi connectivity index (χ0n) is 10.4. The summed E-state index contributed by atoms with van der Waals surface area (Å²) in [5.74, 6) is 0. The normalized spacial score (nSPS) is 13.5. The van der Waals surface area contributed by atoms with Gasteiger partial charge in [-0.25, -0.2) is 13.1 Å². The van der Waals surface area contributed by atoms with Crippen molar-refractivity contribution >= 4 is 38.9 Å². The van der Waals surface area contributed by atoms with Crippen molar-refractivity contribution in [2.24, 2.45) is 0 Å². The van der Waals surface area contributed by atoms with E-state index >= 15 is 0 Å². The van der Waals surface area contributed by atoms with Crippen molar-refractivity contribution in [2.45, 2.75) is 30.8 Å². The number of benzene rings is 1. The van der Waals surface area contributed by atoms with E-state index in [0.717, 1.165) is 0 Å². The summed E-state index contributed by atoms with van der Waals surface area (Å²) in [7, 11) is -3.77. The van der Waals surface area contributed by atoms with Gasteiger partial charge in [-0.2, -0.15) is 0 Å². The van der Waals surface area contributed by atoms with Crippen molar-refractivity contribution in [3.8, 4) is 0 Å². The number of hydrogen-bond donors (Lipinski definition) is 3. The van der Waals surface area contributed by atoms with Gasteiger partial charge in [0, 0.05) is 6.54 Å². The van der Waals surface area contributed by atoms with Crippen LogP contribution in [0.5, 0.6) is 0 Å². The molecule has 0 aliphatic carbocycles. The van der Waals surface area contributed by atoms with Crippen molar-refractivity contribution in [2.75, 3.05) is 12.3 Å². The summed E-state index contributed by atoms with van der Waals surface area (Å²) in [6.45, 7) is 1.94. The van der Waals surface area contributed by atoms with Crippen molar-refractivity contribution in [3.05, 3.63) is 22.2 Å². The van der Waals surface area contributed by atoms with E-state index in [0.29, 0.717) is 12.8 Å². The molecular weight excluding hydrogens is 311 g/mol. The van der Waals surface area contributed by atoms with Crippen molar-refractivity contribution < 1.29 is 13.5 Å². The van der Waals surface area contributed by atoms with Crippen LogP contribution in [0.15, 0.2) is 17.0 Å². The molecule has 108 valence electrons. The molecule has 0 saturated carbocycles. The molecule has 1 rings (SSSR count). The van der Waals surface area contributed by atoms with Gasteiger partial charge < -0.3 is 10.8 Å². The lowest BCUT2D eigenvalue weighted by atomic mass is 10.2. The number of nitrogen functional groups attached to an aromatic ring is 1. The monoisotopic (exact) mass is 326 g/mol. The second kappa shape index (κ2) is 6.76. The number of nitrogens with one attached hydrogen (secondary N) is 1. The van der Waals surface area contributed by atoms with Gasteiger partial charge in [-0.1, -0.05) is 30.1 Å². The first-order valence-electron chi connectivity index (χ1n) is 5.70. The standard InChI is InChI=1S/C11H16Cl2N2O3S/c1-2-7(16)5-6-15-19(17,18)9-4-3-8(12)11(14)10(9)13/h3-4,7,15-16H,2,5-6,14H2,1H3. The first-order chi connectivity index (χ1) is 8.79. The first-order valence-corrected chi connectivity index (χ1v) is 7.94. The topological polar surface area (TPSA) is 92.4 Å². The van der Waals surface area contributed by atoms with E-state index in [-0.39, 0.29) is 27.2 Å². The molecule has 0 fully saturated rings. The quantitative estimate of drug-likeness (QED) is 0.697. The molecule has 0 heterocycles. The molecule has 5 nitrogen and oxygen atoms in total. The molecule has 0 bridgehead atoms. The number of nitrogens with two attached hydrogens (primary N) is 1. The number of hydrogen-bond acceptors (Lipinski definition) is 4. The predicted octanol–water partition coefficient (Wildman–Crippen LogP) is 2.01. The number of anilines is 1. The molecule has 0 radical (unpaired) electrons. The minimum Gasteiger partial charge on any atom is -0.396 e. The summed E-state index contributed by atoms with van der Waals surface area (Å²) in [4.78, 5) is -0.123. The number of aliphatic hydroxyl groups excluding tert-OH is 1. The number of rotatable bonds is 6. The fraction of sp³-hybridized carbons (Fsp3) is 0.455. The smallest absolute Gasteiger partial charge is 0.242 e. The molecule has 0 aliphatic heterocycles. The van der Waals surface area contributed by atoms with Gasteiger partial charge in [0.05, 0.1) is 21.8 Å². The van der Waals surface area contributed by atoms with E-state index < -0.39 is 16.1 Å². The van der Waals surface area contributed by atoms with E-state index in [9.17, 15) is 13.5 Å². The Morgan fingerprint density at radius 3 is 2.63 bits per heavy atom. The fourth-order valence-corrected chi connectivity index (χ4v) is 3.21. The van der Waals surface area contributed by atoms with Gasteiger partial charge in [0.25, 0.3) is 0 Å². The third kappa shape index (κ3) is 4.22. The minimum absolute atomic E-state index is 0.0276. The van der Waals surface area contributed by atoms with E-state index in [4.69, 9.17) is 28.9 Å². The SMILES string of the molecule is CCC(O)CCNS(=O)(=O)c1ccc(Cl)c(N)c1Cl. The van der Waals surface area contributed by atoms with Crippen LogP contribution in [0.2, 0.25) is 10.0 Å². The molecule has 0 amide bonds. The minimum atomic E-state index is -3.77. The number of halogens is 2. The van der Waals surface area contributed by atoms with E-state index in [1.54, 1.807) is 0 Å². The van der Waals surface area contributed by atoms with Gasteiger partial charge in [0.15, 0.2) is 0 Å². The average Bonchev–Trinajstić information content (AvgIpc) is 2.35. The number of aliphatic hydroxyl groups is 1. The number of sulfonamides is 1. The molecule has 1 aromatic rings. The molecule has 8 heteroatoms. The van der Waals surface area contributed by atoms with Crippen molar-refractivity contribution in [1.82, 2.24) is 4.72 Å². The third-order valence-electron chi connectivity index (χ3n) is 2.62. The van der Waals surface area contributed by atoms with Gasteiger partial charge in [-0.3, -0.25) is 0 Å². The van der Waals surface area contributed by atoms with Gasteiger partial charge in [-0.05, 0) is 25.0 Å². The molecule has 0 saturated heterocycles. The van der Waals surface area contributed by atoms with Crippen LogP contribution in [0, 0.1) is 0 Å². The van der Waals surface area contributed by atoms with Crippen molar-refractivity contribution in [1.29, 1.82) is 0 Å². The van der Waals surface area contributed by atoms with Crippen LogP contribution >= 0.6 is 23.2 Å². The second-order valence-corrected chi connectivity index (χ2v) is 6.54. The maximum atomic E-state index is 12.0. The molecule has 1 atom stereocenters. The summed E-state index contributed by atoms with van der Waals surface area (Å²) in [5.41, 5.74) is 5.61. The predicted molar refractivity (Wildman–Crippen MR) is 77.0 cm³/mol. The largest absolute Gasteiger partial charge is 0.396 e. The van der Waals surface area contributed by atoms with Crippen LogP contribution in [-0.2, 0) is 10.0 Å². The van der Waals surface area contributed by atoms with Gasteiger partial charge >= 0.3 is 0 Å². The molecule has 0 aromatic heterocycles. The van der Waals surface area contributed by atoms with Crippen LogP contribution in [0.25, 0.3) is 0 Å². The lowest BCUT2D eigenvalue weighted by Crippen LogP contribution is -2.27. The molecule has 1 aromatic carbocycles. The third-order valence-corrected chi connectivity index (χ3v) is 4.97. The lowest BCUT2D eigenvalue weighted by Gasteiger charge is -2.12. The zero-order chi connectivity index (χ0) is 14.6. The van der Waals surface area contributed by atoms with Crippen LogP contribution < -0.4 is 10.5 Å². The summed E-state index contributed by atoms with van der Waals surface area (Å²) >= 11 is 11.6. The molecule has 0 aliphatic rings. The zero-order valence-corrected chi connectivity index (χ0v) is 12.7. The Morgan fingerprint density at radius 2 is 2.05 bits per heavy atom. The van der Waals surface area contributed by atoms with Crippen LogP contribution in [0.1, 0.15) is 19.8 Å². The highest BCUT2D eigenvalue weighted by molar-refractivity contribution is 7.89. The fourth-order valence-electron chi connectivity index (χ4n) is 1.40. The van der Waals surface area contributed by atoms with Gasteiger partial charge in [0.2, 0.25) is 10.0 Å². The maximum absolute atomic E-state index is 12.0. The lowest BCUT2D eigenvalue weighted by molar-refractivity contribution is 0.162. The Bertz CT molecular complexity index is 549. The summed E-state index contributed by atoms with van der Waals surface area (Å²) < 4.78 is 26.4. The van der Waals surface area contributed by atoms with Gasteiger partial charge in [0.1, 0.15) is 4.90 Å². The second-order valence-electron chi connectivity index (χ2n) is 4.02. The molecule has 4 N–H and O–H groups in total. The van der Waals surface area contributed by atoms with Crippen LogP contribution in [0.4, 0.5) is 5.69 Å². The average molecular weight is 327 g/mol. The summed E-state index contributed by atoms with van der Waals surface area (Å²) in [6.07, 6.45) is 0.362. The Labute approximate surface area is 122 Å². The molecule has 1 unspecified atom stereocenters. The molecule has 19 heavy (non-hydrogen) atoms. The van der Waals surface area contributed by atoms with Crippen molar-refractivity contribution in [3.63, 3.8) is 0 Å². The first kappa shape index (κ1) is 16.5. The molecular formula is C11H16Cl2N2O3S. The highest BCUT2D eigenvalue weighted by Crippen LogP contribution is 2.32. The molecule has 0 spiro atoms. The van der Waals surface area contributed by atoms with E-state index in [1.807, 2.05) is 6.92 Å². The van der Waals surface area contributed by atoms with Gasteiger partial charge in [-0.15, -0.1) is 0 Å². The Kier molecular flexibility index (Phi) is 5.88. The van der Waals surface area contributed by atoms with E-state index in [1.165, 1.54) is 12.1 Å².